The summed E-state index contributed by atoms with van der Waals surface area (Å²) in [6.07, 6.45) is 1.97. The summed E-state index contributed by atoms with van der Waals surface area (Å²) in [7, 11) is -1.16. The first-order chi connectivity index (χ1) is 11.0. The van der Waals surface area contributed by atoms with Crippen molar-refractivity contribution in [2.75, 3.05) is 20.8 Å². The van der Waals surface area contributed by atoms with E-state index in [2.05, 4.69) is 0 Å². The normalized spacial score (nSPS) is 20.2. The molecule has 1 aromatic carbocycles. The van der Waals surface area contributed by atoms with E-state index in [1.807, 2.05) is 0 Å². The van der Waals surface area contributed by atoms with Gasteiger partial charge in [-0.3, -0.25) is 14.7 Å². The number of hydrogen-bond acceptors (Lipinski definition) is 7. The van der Waals surface area contributed by atoms with Crippen LogP contribution in [-0.2, 0) is 23.1 Å². The van der Waals surface area contributed by atoms with Crippen LogP contribution in [-0.4, -0.2) is 32.0 Å². The number of non-ortho nitro benzene ring substituents is 1. The zero-order valence-electron chi connectivity index (χ0n) is 13.0. The topological polar surface area (TPSA) is 97.1 Å². The summed E-state index contributed by atoms with van der Waals surface area (Å²) in [5.74, 6) is -1.10. The number of rotatable bonds is 7. The van der Waals surface area contributed by atoms with Crippen LogP contribution >= 0.6 is 7.60 Å². The molecule has 2 rings (SSSR count). The van der Waals surface area contributed by atoms with Gasteiger partial charge in [0.25, 0.3) is 5.69 Å². The third-order valence-electron chi connectivity index (χ3n) is 3.58. The van der Waals surface area contributed by atoms with Crippen molar-refractivity contribution in [2.24, 2.45) is 0 Å². The van der Waals surface area contributed by atoms with E-state index in [1.54, 1.807) is 6.07 Å². The molecule has 0 spiro atoms. The molecule has 23 heavy (non-hydrogen) atoms. The number of ether oxygens (including phenoxy) is 2. The summed E-state index contributed by atoms with van der Waals surface area (Å²) in [6, 6.07) is 5.74. The van der Waals surface area contributed by atoms with Crippen molar-refractivity contribution in [3.8, 4) is 0 Å². The Bertz CT molecular complexity index is 580. The van der Waals surface area contributed by atoms with Crippen molar-refractivity contribution in [3.05, 3.63) is 39.9 Å². The van der Waals surface area contributed by atoms with Gasteiger partial charge < -0.3 is 18.5 Å². The first kappa shape index (κ1) is 18.0. The molecule has 2 atom stereocenters. The summed E-state index contributed by atoms with van der Waals surface area (Å²) < 4.78 is 34.2. The molecular formula is C14H20NO7P. The Morgan fingerprint density at radius 3 is 2.65 bits per heavy atom. The van der Waals surface area contributed by atoms with E-state index in [-0.39, 0.29) is 5.69 Å². The third kappa shape index (κ3) is 4.37. The summed E-state index contributed by atoms with van der Waals surface area (Å²) in [4.78, 5) is 10.4. The lowest BCUT2D eigenvalue weighted by Gasteiger charge is -2.30. The second-order valence-corrected chi connectivity index (χ2v) is 7.32. The predicted octanol–water partition coefficient (Wildman–Crippen LogP) is 3.62. The maximum atomic E-state index is 12.8. The minimum Gasteiger partial charge on any atom is -0.353 e. The second kappa shape index (κ2) is 7.99. The van der Waals surface area contributed by atoms with Crippen LogP contribution in [0.5, 0.6) is 0 Å². The largest absolute Gasteiger partial charge is 0.363 e. The highest BCUT2D eigenvalue weighted by molar-refractivity contribution is 7.54. The number of nitro benzene ring substituents is 1. The van der Waals surface area contributed by atoms with Gasteiger partial charge in [-0.1, -0.05) is 12.1 Å². The summed E-state index contributed by atoms with van der Waals surface area (Å²) in [6.45, 7) is 0.552. The van der Waals surface area contributed by atoms with Crippen LogP contribution in [0.3, 0.4) is 0 Å². The van der Waals surface area contributed by atoms with Crippen molar-refractivity contribution in [3.63, 3.8) is 0 Å². The first-order valence-corrected chi connectivity index (χ1v) is 8.84. The van der Waals surface area contributed by atoms with Crippen LogP contribution < -0.4 is 0 Å². The smallest absolute Gasteiger partial charge is 0.353 e. The van der Waals surface area contributed by atoms with E-state index in [4.69, 9.17) is 18.5 Å². The van der Waals surface area contributed by atoms with Gasteiger partial charge in [0.2, 0.25) is 0 Å². The molecule has 9 heteroatoms. The standard InChI is InChI=1S/C14H20NO7P/c1-19-23(18,20-2)14(22-13-8-3-4-9-21-13)11-6-5-7-12(10-11)15(16)17/h5-7,10,13-14H,3-4,8-9H2,1-2H3. The Kier molecular flexibility index (Phi) is 6.26. The fourth-order valence-corrected chi connectivity index (χ4v) is 3.70. The molecule has 0 saturated carbocycles. The Morgan fingerprint density at radius 2 is 2.09 bits per heavy atom. The summed E-state index contributed by atoms with van der Waals surface area (Å²) in [5.41, 5.74) is 0.222. The number of nitro groups is 1. The molecule has 0 radical (unpaired) electrons. The van der Waals surface area contributed by atoms with Gasteiger partial charge in [-0.15, -0.1) is 0 Å². The molecule has 1 aliphatic rings. The molecular weight excluding hydrogens is 325 g/mol. The molecule has 128 valence electrons. The van der Waals surface area contributed by atoms with Crippen molar-refractivity contribution in [1.29, 1.82) is 0 Å². The van der Waals surface area contributed by atoms with E-state index < -0.39 is 24.7 Å². The fourth-order valence-electron chi connectivity index (χ4n) is 2.36. The molecule has 0 aromatic heterocycles. The van der Waals surface area contributed by atoms with Gasteiger partial charge in [-0.2, -0.15) is 0 Å². The number of benzene rings is 1. The quantitative estimate of drug-likeness (QED) is 0.423. The molecule has 1 saturated heterocycles. The summed E-state index contributed by atoms with van der Waals surface area (Å²) >= 11 is 0. The van der Waals surface area contributed by atoms with E-state index in [1.165, 1.54) is 32.4 Å². The lowest BCUT2D eigenvalue weighted by atomic mass is 10.2. The van der Waals surface area contributed by atoms with Gasteiger partial charge >= 0.3 is 7.60 Å². The van der Waals surface area contributed by atoms with E-state index in [0.29, 0.717) is 18.6 Å². The first-order valence-electron chi connectivity index (χ1n) is 7.23. The van der Waals surface area contributed by atoms with Crippen molar-refractivity contribution in [2.45, 2.75) is 31.4 Å². The van der Waals surface area contributed by atoms with E-state index >= 15 is 0 Å². The van der Waals surface area contributed by atoms with Crippen LogP contribution in [0.25, 0.3) is 0 Å². The molecule has 1 aromatic rings. The fraction of sp³-hybridized carbons (Fsp3) is 0.571. The molecule has 0 aliphatic carbocycles. The molecule has 1 heterocycles. The van der Waals surface area contributed by atoms with Crippen molar-refractivity contribution in [1.82, 2.24) is 0 Å². The Labute approximate surface area is 134 Å². The number of hydrogen-bond donors (Lipinski definition) is 0. The highest BCUT2D eigenvalue weighted by Crippen LogP contribution is 2.61. The maximum Gasteiger partial charge on any atom is 0.363 e. The van der Waals surface area contributed by atoms with Gasteiger partial charge in [-0.05, 0) is 24.8 Å². The SMILES string of the molecule is COP(=O)(OC)C(OC1CCCCO1)c1cccc([N+](=O)[O-])c1. The molecule has 2 unspecified atom stereocenters. The Hall–Kier alpha value is -1.31. The van der Waals surface area contributed by atoms with Crippen LogP contribution in [0.2, 0.25) is 0 Å². The van der Waals surface area contributed by atoms with Gasteiger partial charge in [0, 0.05) is 33.0 Å². The lowest BCUT2D eigenvalue weighted by molar-refractivity contribution is -0.385. The Balaban J connectivity index is 2.34. The molecule has 8 nitrogen and oxygen atoms in total. The summed E-state index contributed by atoms with van der Waals surface area (Å²) in [5, 5.41) is 11.0. The van der Waals surface area contributed by atoms with Crippen LogP contribution in [0.15, 0.2) is 24.3 Å². The average Bonchev–Trinajstić information content (AvgIpc) is 2.60. The minimum absolute atomic E-state index is 0.126. The monoisotopic (exact) mass is 345 g/mol. The number of nitrogens with zero attached hydrogens (tertiary/aromatic N) is 1. The van der Waals surface area contributed by atoms with Crippen LogP contribution in [0, 0.1) is 10.1 Å². The Morgan fingerprint density at radius 1 is 1.35 bits per heavy atom. The van der Waals surface area contributed by atoms with Crippen molar-refractivity contribution >= 4 is 13.3 Å². The molecule has 0 N–H and O–H groups in total. The molecule has 0 amide bonds. The van der Waals surface area contributed by atoms with Crippen molar-refractivity contribution < 1.29 is 28.0 Å². The van der Waals surface area contributed by atoms with Gasteiger partial charge in [0.05, 0.1) is 4.92 Å². The lowest BCUT2D eigenvalue weighted by Crippen LogP contribution is -2.25. The van der Waals surface area contributed by atoms with Crippen LogP contribution in [0.4, 0.5) is 5.69 Å². The maximum absolute atomic E-state index is 12.8. The predicted molar refractivity (Wildman–Crippen MR) is 82.1 cm³/mol. The molecule has 1 aliphatic heterocycles. The minimum atomic E-state index is -3.65. The third-order valence-corrected chi connectivity index (χ3v) is 5.59. The zero-order chi connectivity index (χ0) is 16.9. The van der Waals surface area contributed by atoms with Crippen LogP contribution in [0.1, 0.15) is 30.7 Å². The van der Waals surface area contributed by atoms with Gasteiger partial charge in [0.1, 0.15) is 0 Å². The van der Waals surface area contributed by atoms with Gasteiger partial charge in [-0.25, -0.2) is 0 Å². The molecule has 1 fully saturated rings. The highest BCUT2D eigenvalue weighted by atomic mass is 31.2. The average molecular weight is 345 g/mol. The van der Waals surface area contributed by atoms with E-state index in [9.17, 15) is 14.7 Å². The zero-order valence-corrected chi connectivity index (χ0v) is 13.9. The second-order valence-electron chi connectivity index (χ2n) is 5.04. The molecule has 0 bridgehead atoms. The highest BCUT2D eigenvalue weighted by Gasteiger charge is 2.39. The van der Waals surface area contributed by atoms with E-state index in [0.717, 1.165) is 12.8 Å². The van der Waals surface area contributed by atoms with Gasteiger partial charge in [0.15, 0.2) is 12.1 Å².